The summed E-state index contributed by atoms with van der Waals surface area (Å²) in [5.41, 5.74) is 2.59. The monoisotopic (exact) mass is 256 g/mol. The first kappa shape index (κ1) is 13.1. The van der Waals surface area contributed by atoms with Gasteiger partial charge in [0.15, 0.2) is 6.04 Å². The van der Waals surface area contributed by atoms with E-state index in [1.165, 1.54) is 7.11 Å². The number of esters is 1. The molecule has 0 aliphatic heterocycles. The van der Waals surface area contributed by atoms with Gasteiger partial charge in [0.25, 0.3) is 0 Å². The number of carbonyl (C=O) groups is 1. The van der Waals surface area contributed by atoms with Crippen LogP contribution in [0.15, 0.2) is 48.7 Å². The Morgan fingerprint density at radius 1 is 1.26 bits per heavy atom. The molecule has 0 saturated carbocycles. The Morgan fingerprint density at radius 3 is 2.63 bits per heavy atom. The van der Waals surface area contributed by atoms with Crippen molar-refractivity contribution in [1.29, 1.82) is 0 Å². The number of aryl methyl sites for hydroxylation is 1. The van der Waals surface area contributed by atoms with Crippen molar-refractivity contribution in [3.63, 3.8) is 0 Å². The van der Waals surface area contributed by atoms with Gasteiger partial charge in [0.05, 0.1) is 7.11 Å². The standard InChI is InChI=1S/C15H16N2O2/c1-11-10-13(8-9-16-11)17-14(15(18)19-2)12-6-4-3-5-7-12/h3-10,14H,1-2H3,(H,16,17). The van der Waals surface area contributed by atoms with Crippen LogP contribution >= 0.6 is 0 Å². The lowest BCUT2D eigenvalue weighted by Crippen LogP contribution is -2.22. The molecule has 0 bridgehead atoms. The van der Waals surface area contributed by atoms with Crippen LogP contribution in [0.5, 0.6) is 0 Å². The van der Waals surface area contributed by atoms with E-state index < -0.39 is 6.04 Å². The summed E-state index contributed by atoms with van der Waals surface area (Å²) in [7, 11) is 1.39. The number of ether oxygens (including phenoxy) is 1. The molecule has 19 heavy (non-hydrogen) atoms. The van der Waals surface area contributed by atoms with Gasteiger partial charge in [0.2, 0.25) is 0 Å². The van der Waals surface area contributed by atoms with Gasteiger partial charge in [-0.25, -0.2) is 4.79 Å². The molecular formula is C15H16N2O2. The number of carbonyl (C=O) groups excluding carboxylic acids is 1. The van der Waals surface area contributed by atoms with Crippen LogP contribution in [0.2, 0.25) is 0 Å². The number of methoxy groups -OCH3 is 1. The van der Waals surface area contributed by atoms with E-state index in [9.17, 15) is 4.79 Å². The molecule has 0 radical (unpaired) electrons. The smallest absolute Gasteiger partial charge is 0.332 e. The fraction of sp³-hybridized carbons (Fsp3) is 0.200. The van der Waals surface area contributed by atoms with Gasteiger partial charge in [-0.15, -0.1) is 0 Å². The number of hydrogen-bond acceptors (Lipinski definition) is 4. The molecule has 1 N–H and O–H groups in total. The van der Waals surface area contributed by atoms with Crippen LogP contribution in [0.1, 0.15) is 17.3 Å². The van der Waals surface area contributed by atoms with Crippen LogP contribution < -0.4 is 5.32 Å². The summed E-state index contributed by atoms with van der Waals surface area (Å²) in [6.45, 7) is 1.90. The van der Waals surface area contributed by atoms with Crippen LogP contribution in [-0.4, -0.2) is 18.1 Å². The maximum atomic E-state index is 11.9. The molecule has 1 unspecified atom stereocenters. The largest absolute Gasteiger partial charge is 0.467 e. The van der Waals surface area contributed by atoms with E-state index in [4.69, 9.17) is 4.74 Å². The maximum absolute atomic E-state index is 11.9. The molecule has 1 heterocycles. The van der Waals surface area contributed by atoms with Gasteiger partial charge in [-0.2, -0.15) is 0 Å². The summed E-state index contributed by atoms with van der Waals surface area (Å²) < 4.78 is 4.85. The molecule has 0 aliphatic carbocycles. The van der Waals surface area contributed by atoms with Crippen molar-refractivity contribution in [1.82, 2.24) is 4.98 Å². The van der Waals surface area contributed by atoms with Crippen molar-refractivity contribution in [2.24, 2.45) is 0 Å². The zero-order valence-electron chi connectivity index (χ0n) is 11.0. The number of nitrogens with one attached hydrogen (secondary N) is 1. The van der Waals surface area contributed by atoms with Crippen molar-refractivity contribution < 1.29 is 9.53 Å². The van der Waals surface area contributed by atoms with Crippen LogP contribution in [0, 0.1) is 6.92 Å². The molecule has 2 aromatic rings. The molecule has 0 aliphatic rings. The lowest BCUT2D eigenvalue weighted by atomic mass is 10.1. The zero-order chi connectivity index (χ0) is 13.7. The van der Waals surface area contributed by atoms with Crippen molar-refractivity contribution in [2.75, 3.05) is 12.4 Å². The molecular weight excluding hydrogens is 240 g/mol. The highest BCUT2D eigenvalue weighted by Crippen LogP contribution is 2.20. The summed E-state index contributed by atoms with van der Waals surface area (Å²) in [5, 5.41) is 3.17. The van der Waals surface area contributed by atoms with Gasteiger partial charge in [-0.1, -0.05) is 30.3 Å². The number of rotatable bonds is 4. The van der Waals surface area contributed by atoms with E-state index in [0.29, 0.717) is 0 Å². The number of anilines is 1. The van der Waals surface area contributed by atoms with Crippen LogP contribution in [0.3, 0.4) is 0 Å². The molecule has 1 aromatic heterocycles. The Labute approximate surface area is 112 Å². The SMILES string of the molecule is COC(=O)C(Nc1ccnc(C)c1)c1ccccc1. The van der Waals surface area contributed by atoms with Crippen LogP contribution in [0.25, 0.3) is 0 Å². The number of hydrogen-bond donors (Lipinski definition) is 1. The molecule has 0 amide bonds. The Morgan fingerprint density at radius 2 is 2.00 bits per heavy atom. The Balaban J connectivity index is 2.27. The second-order valence-corrected chi connectivity index (χ2v) is 4.20. The summed E-state index contributed by atoms with van der Waals surface area (Å²) in [5.74, 6) is -0.319. The maximum Gasteiger partial charge on any atom is 0.332 e. The lowest BCUT2D eigenvalue weighted by Gasteiger charge is -2.18. The van der Waals surface area contributed by atoms with E-state index in [1.54, 1.807) is 6.20 Å². The Hall–Kier alpha value is -2.36. The van der Waals surface area contributed by atoms with Crippen molar-refractivity contribution in [3.05, 3.63) is 59.9 Å². The van der Waals surface area contributed by atoms with Gasteiger partial charge >= 0.3 is 5.97 Å². The average Bonchev–Trinajstić information content (AvgIpc) is 2.45. The van der Waals surface area contributed by atoms with Gasteiger partial charge in [-0.3, -0.25) is 4.98 Å². The lowest BCUT2D eigenvalue weighted by molar-refractivity contribution is -0.141. The third-order valence-electron chi connectivity index (χ3n) is 2.78. The van der Waals surface area contributed by atoms with Crippen molar-refractivity contribution >= 4 is 11.7 Å². The van der Waals surface area contributed by atoms with Crippen LogP contribution in [0.4, 0.5) is 5.69 Å². The van der Waals surface area contributed by atoms with Crippen molar-refractivity contribution in [3.8, 4) is 0 Å². The molecule has 1 atom stereocenters. The summed E-state index contributed by atoms with van der Waals surface area (Å²) >= 11 is 0. The quantitative estimate of drug-likeness (QED) is 0.854. The van der Waals surface area contributed by atoms with Gasteiger partial charge in [0, 0.05) is 17.6 Å². The molecule has 1 aromatic carbocycles. The van der Waals surface area contributed by atoms with Crippen LogP contribution in [-0.2, 0) is 9.53 Å². The topological polar surface area (TPSA) is 51.2 Å². The number of aromatic nitrogens is 1. The normalized spacial score (nSPS) is 11.7. The molecule has 0 spiro atoms. The third-order valence-corrected chi connectivity index (χ3v) is 2.78. The second-order valence-electron chi connectivity index (χ2n) is 4.20. The number of benzene rings is 1. The van der Waals surface area contributed by atoms with E-state index in [-0.39, 0.29) is 5.97 Å². The molecule has 2 rings (SSSR count). The van der Waals surface area contributed by atoms with Crippen molar-refractivity contribution in [2.45, 2.75) is 13.0 Å². The number of nitrogens with zero attached hydrogens (tertiary/aromatic N) is 1. The average molecular weight is 256 g/mol. The Bertz CT molecular complexity index is 555. The first-order valence-electron chi connectivity index (χ1n) is 6.02. The minimum absolute atomic E-state index is 0.319. The first-order valence-corrected chi connectivity index (χ1v) is 6.02. The summed E-state index contributed by atoms with van der Waals surface area (Å²) in [6.07, 6.45) is 1.71. The minimum Gasteiger partial charge on any atom is -0.467 e. The zero-order valence-corrected chi connectivity index (χ0v) is 11.0. The minimum atomic E-state index is -0.520. The predicted molar refractivity (Wildman–Crippen MR) is 73.8 cm³/mol. The predicted octanol–water partition coefficient (Wildman–Crippen LogP) is 2.72. The third kappa shape index (κ3) is 3.31. The molecule has 0 fully saturated rings. The number of pyridine rings is 1. The molecule has 4 heteroatoms. The fourth-order valence-corrected chi connectivity index (χ4v) is 1.84. The van der Waals surface area contributed by atoms with Gasteiger partial charge in [-0.05, 0) is 24.6 Å². The molecule has 4 nitrogen and oxygen atoms in total. The molecule has 0 saturated heterocycles. The van der Waals surface area contributed by atoms with E-state index in [0.717, 1.165) is 16.9 Å². The van der Waals surface area contributed by atoms with E-state index in [2.05, 4.69) is 10.3 Å². The summed E-state index contributed by atoms with van der Waals surface area (Å²) in [4.78, 5) is 16.0. The first-order chi connectivity index (χ1) is 9.20. The highest BCUT2D eigenvalue weighted by molar-refractivity contribution is 5.81. The van der Waals surface area contributed by atoms with Gasteiger partial charge < -0.3 is 10.1 Å². The highest BCUT2D eigenvalue weighted by atomic mass is 16.5. The summed E-state index contributed by atoms with van der Waals surface area (Å²) in [6, 6.07) is 12.7. The molecule has 98 valence electrons. The Kier molecular flexibility index (Phi) is 4.13. The second kappa shape index (κ2) is 6.00. The van der Waals surface area contributed by atoms with E-state index in [1.807, 2.05) is 49.4 Å². The fourth-order valence-electron chi connectivity index (χ4n) is 1.84. The highest BCUT2D eigenvalue weighted by Gasteiger charge is 2.20. The van der Waals surface area contributed by atoms with E-state index >= 15 is 0 Å². The van der Waals surface area contributed by atoms with Gasteiger partial charge in [0.1, 0.15) is 0 Å².